The van der Waals surface area contributed by atoms with Crippen molar-refractivity contribution in [3.63, 3.8) is 0 Å². The van der Waals surface area contributed by atoms with Crippen molar-refractivity contribution < 1.29 is 9.53 Å². The fraction of sp³-hybridized carbons (Fsp3) is 0.550. The Labute approximate surface area is 141 Å². The van der Waals surface area contributed by atoms with E-state index in [9.17, 15) is 4.79 Å². The van der Waals surface area contributed by atoms with Gasteiger partial charge in [-0.25, -0.2) is 0 Å². The fourth-order valence-electron chi connectivity index (χ4n) is 2.70. The summed E-state index contributed by atoms with van der Waals surface area (Å²) < 4.78 is 5.25. The van der Waals surface area contributed by atoms with Gasteiger partial charge in [-0.05, 0) is 37.5 Å². The van der Waals surface area contributed by atoms with Crippen molar-refractivity contribution in [2.45, 2.75) is 58.4 Å². The van der Waals surface area contributed by atoms with Crippen LogP contribution in [0, 0.1) is 5.92 Å². The molecule has 2 atom stereocenters. The minimum Gasteiger partial charge on any atom is -0.497 e. The van der Waals surface area contributed by atoms with Crippen molar-refractivity contribution in [2.75, 3.05) is 7.11 Å². The Morgan fingerprint density at radius 2 is 2.13 bits per heavy atom. The van der Waals surface area contributed by atoms with E-state index in [-0.39, 0.29) is 17.9 Å². The predicted octanol–water partition coefficient (Wildman–Crippen LogP) is 5.04. The van der Waals surface area contributed by atoms with Crippen molar-refractivity contribution in [3.05, 3.63) is 42.5 Å². The van der Waals surface area contributed by atoms with Gasteiger partial charge in [-0.2, -0.15) is 0 Å². The number of allylic oxidation sites excluding steroid dienone is 1. The minimum absolute atomic E-state index is 0.0254. The number of hydrogen-bond acceptors (Lipinski definition) is 2. The Morgan fingerprint density at radius 3 is 2.78 bits per heavy atom. The molecule has 0 bridgehead atoms. The standard InChI is InChI=1S/C20H31NO2/c1-5-7-8-9-12-17(11-6-2)20(22)21-16(3)18-13-10-14-19(15-18)23-4/h6,10,13-17H,2,5,7-9,11-12H2,1,3-4H3,(H,21,22). The summed E-state index contributed by atoms with van der Waals surface area (Å²) in [6.07, 6.45) is 8.27. The zero-order valence-corrected chi connectivity index (χ0v) is 14.8. The Morgan fingerprint density at radius 1 is 1.35 bits per heavy atom. The molecule has 0 aliphatic carbocycles. The fourth-order valence-corrected chi connectivity index (χ4v) is 2.70. The second kappa shape index (κ2) is 10.9. The summed E-state index contributed by atoms with van der Waals surface area (Å²) in [5.41, 5.74) is 1.06. The van der Waals surface area contributed by atoms with Gasteiger partial charge in [-0.15, -0.1) is 6.58 Å². The average Bonchev–Trinajstić information content (AvgIpc) is 2.57. The third-order valence-electron chi connectivity index (χ3n) is 4.18. The highest BCUT2D eigenvalue weighted by Gasteiger charge is 2.19. The summed E-state index contributed by atoms with van der Waals surface area (Å²) in [7, 11) is 1.65. The molecule has 1 rings (SSSR count). The van der Waals surface area contributed by atoms with Crippen LogP contribution in [-0.2, 0) is 4.79 Å². The maximum atomic E-state index is 12.5. The molecule has 128 valence electrons. The first-order chi connectivity index (χ1) is 11.1. The molecule has 1 amide bonds. The molecule has 0 aliphatic heterocycles. The van der Waals surface area contributed by atoms with Gasteiger partial charge in [0.15, 0.2) is 0 Å². The number of hydrogen-bond donors (Lipinski definition) is 1. The summed E-state index contributed by atoms with van der Waals surface area (Å²) in [5.74, 6) is 0.958. The third kappa shape index (κ3) is 6.89. The molecule has 0 fully saturated rings. The normalized spacial score (nSPS) is 13.2. The molecule has 0 aliphatic rings. The second-order valence-corrected chi connectivity index (χ2v) is 6.08. The number of methoxy groups -OCH3 is 1. The van der Waals surface area contributed by atoms with Crippen molar-refractivity contribution in [3.8, 4) is 5.75 Å². The topological polar surface area (TPSA) is 38.3 Å². The van der Waals surface area contributed by atoms with Crippen LogP contribution in [0.5, 0.6) is 5.75 Å². The zero-order valence-electron chi connectivity index (χ0n) is 14.8. The van der Waals surface area contributed by atoms with Gasteiger partial charge in [0.25, 0.3) is 0 Å². The first-order valence-corrected chi connectivity index (χ1v) is 8.67. The summed E-state index contributed by atoms with van der Waals surface area (Å²) in [6.45, 7) is 8.00. The van der Waals surface area contributed by atoms with Crippen LogP contribution >= 0.6 is 0 Å². The van der Waals surface area contributed by atoms with Crippen LogP contribution in [0.15, 0.2) is 36.9 Å². The molecule has 0 spiro atoms. The minimum atomic E-state index is -0.0273. The van der Waals surface area contributed by atoms with Gasteiger partial charge in [0.2, 0.25) is 5.91 Å². The van der Waals surface area contributed by atoms with E-state index in [0.717, 1.165) is 30.6 Å². The molecule has 0 heterocycles. The highest BCUT2D eigenvalue weighted by Crippen LogP contribution is 2.21. The van der Waals surface area contributed by atoms with Crippen molar-refractivity contribution in [2.24, 2.45) is 5.92 Å². The van der Waals surface area contributed by atoms with Crippen molar-refractivity contribution in [1.82, 2.24) is 5.32 Å². The van der Waals surface area contributed by atoms with E-state index in [2.05, 4.69) is 18.8 Å². The van der Waals surface area contributed by atoms with Gasteiger partial charge in [0, 0.05) is 5.92 Å². The number of benzene rings is 1. The Hall–Kier alpha value is -1.77. The summed E-state index contributed by atoms with van der Waals surface area (Å²) in [5, 5.41) is 3.13. The number of carbonyl (C=O) groups is 1. The highest BCUT2D eigenvalue weighted by atomic mass is 16.5. The summed E-state index contributed by atoms with van der Waals surface area (Å²) in [6, 6.07) is 7.81. The van der Waals surface area contributed by atoms with E-state index in [1.165, 1.54) is 19.3 Å². The molecule has 0 saturated carbocycles. The van der Waals surface area contributed by atoms with Gasteiger partial charge in [0.1, 0.15) is 5.75 Å². The molecule has 23 heavy (non-hydrogen) atoms. The van der Waals surface area contributed by atoms with E-state index in [1.54, 1.807) is 7.11 Å². The molecule has 1 N–H and O–H groups in total. The molecule has 0 aromatic heterocycles. The van der Waals surface area contributed by atoms with Crippen LogP contribution in [0.4, 0.5) is 0 Å². The Kier molecular flexibility index (Phi) is 9.11. The van der Waals surface area contributed by atoms with Crippen molar-refractivity contribution >= 4 is 5.91 Å². The first-order valence-electron chi connectivity index (χ1n) is 8.67. The van der Waals surface area contributed by atoms with Crippen LogP contribution < -0.4 is 10.1 Å². The maximum Gasteiger partial charge on any atom is 0.223 e. The number of ether oxygens (including phenoxy) is 1. The van der Waals surface area contributed by atoms with E-state index in [4.69, 9.17) is 4.74 Å². The van der Waals surface area contributed by atoms with Gasteiger partial charge >= 0.3 is 0 Å². The lowest BCUT2D eigenvalue weighted by molar-refractivity contribution is -0.125. The second-order valence-electron chi connectivity index (χ2n) is 6.08. The molecule has 3 nitrogen and oxygen atoms in total. The Balaban J connectivity index is 2.59. The zero-order chi connectivity index (χ0) is 17.1. The average molecular weight is 317 g/mol. The van der Waals surface area contributed by atoms with E-state index in [0.29, 0.717) is 0 Å². The summed E-state index contributed by atoms with van der Waals surface area (Å²) in [4.78, 5) is 12.5. The molecule has 0 radical (unpaired) electrons. The molecule has 1 aromatic carbocycles. The third-order valence-corrected chi connectivity index (χ3v) is 4.18. The maximum absolute atomic E-state index is 12.5. The van der Waals surface area contributed by atoms with Crippen molar-refractivity contribution in [1.29, 1.82) is 0 Å². The van der Waals surface area contributed by atoms with Crippen LogP contribution in [0.1, 0.15) is 64.0 Å². The molecule has 0 saturated heterocycles. The van der Waals surface area contributed by atoms with Crippen LogP contribution in [0.25, 0.3) is 0 Å². The molecule has 2 unspecified atom stereocenters. The Bertz CT molecular complexity index is 484. The van der Waals surface area contributed by atoms with E-state index < -0.39 is 0 Å². The largest absolute Gasteiger partial charge is 0.497 e. The molecular formula is C20H31NO2. The lowest BCUT2D eigenvalue weighted by Gasteiger charge is -2.20. The smallest absolute Gasteiger partial charge is 0.223 e. The van der Waals surface area contributed by atoms with Crippen LogP contribution in [0.2, 0.25) is 0 Å². The number of nitrogens with one attached hydrogen (secondary N) is 1. The summed E-state index contributed by atoms with van der Waals surface area (Å²) >= 11 is 0. The van der Waals surface area contributed by atoms with Gasteiger partial charge in [-0.1, -0.05) is 50.8 Å². The molecular weight excluding hydrogens is 286 g/mol. The van der Waals surface area contributed by atoms with Gasteiger partial charge in [-0.3, -0.25) is 4.79 Å². The van der Waals surface area contributed by atoms with Crippen LogP contribution in [0.3, 0.4) is 0 Å². The number of rotatable bonds is 11. The quantitative estimate of drug-likeness (QED) is 0.459. The molecule has 3 heteroatoms. The number of amides is 1. The predicted molar refractivity (Wildman–Crippen MR) is 96.6 cm³/mol. The van der Waals surface area contributed by atoms with E-state index >= 15 is 0 Å². The first kappa shape index (κ1) is 19.3. The number of carbonyl (C=O) groups excluding carboxylic acids is 1. The monoisotopic (exact) mass is 317 g/mol. The number of unbranched alkanes of at least 4 members (excludes halogenated alkanes) is 3. The van der Waals surface area contributed by atoms with Crippen LogP contribution in [-0.4, -0.2) is 13.0 Å². The van der Waals surface area contributed by atoms with E-state index in [1.807, 2.05) is 37.3 Å². The lowest BCUT2D eigenvalue weighted by Crippen LogP contribution is -2.32. The highest BCUT2D eigenvalue weighted by molar-refractivity contribution is 5.79. The SMILES string of the molecule is C=CCC(CCCCCC)C(=O)NC(C)c1cccc(OC)c1. The van der Waals surface area contributed by atoms with Gasteiger partial charge < -0.3 is 10.1 Å². The van der Waals surface area contributed by atoms with Gasteiger partial charge in [0.05, 0.1) is 13.2 Å². The lowest BCUT2D eigenvalue weighted by atomic mass is 9.95. The molecule has 1 aromatic rings.